The number of carbonyl (C=O) groups excluding carboxylic acids is 1. The number of amides is 1. The average molecular weight is 452 g/mol. The molecule has 166 valence electrons. The second kappa shape index (κ2) is 8.82. The van der Waals surface area contributed by atoms with Crippen LogP contribution in [-0.4, -0.2) is 21.4 Å². The van der Waals surface area contributed by atoms with E-state index in [9.17, 15) is 22.2 Å². The predicted molar refractivity (Wildman–Crippen MR) is 114 cm³/mol. The zero-order valence-corrected chi connectivity index (χ0v) is 18.1. The molecule has 0 saturated heterocycles. The summed E-state index contributed by atoms with van der Waals surface area (Å²) in [7, 11) is -3.01. The van der Waals surface area contributed by atoms with Crippen LogP contribution in [0.15, 0.2) is 41.4 Å². The SMILES string of the molecule is Cc1c(C(F)(F)F)cnc(C2=CCCCCC2)c1C(=O)Nc1cccc(S(C)(=N)=O)c1. The summed E-state index contributed by atoms with van der Waals surface area (Å²) in [5.74, 6) is -0.721. The first kappa shape index (κ1) is 23.0. The Balaban J connectivity index is 2.09. The highest BCUT2D eigenvalue weighted by molar-refractivity contribution is 7.91. The van der Waals surface area contributed by atoms with E-state index < -0.39 is 27.4 Å². The maximum atomic E-state index is 13.5. The third-order valence-electron chi connectivity index (χ3n) is 5.26. The maximum absolute atomic E-state index is 13.5. The summed E-state index contributed by atoms with van der Waals surface area (Å²) in [5.41, 5.74) is 0.0402. The van der Waals surface area contributed by atoms with Crippen LogP contribution in [0, 0.1) is 11.7 Å². The summed E-state index contributed by atoms with van der Waals surface area (Å²) >= 11 is 0. The lowest BCUT2D eigenvalue weighted by atomic mass is 9.95. The molecular weight excluding hydrogens is 427 g/mol. The number of benzene rings is 1. The molecule has 0 aliphatic heterocycles. The van der Waals surface area contributed by atoms with Crippen molar-refractivity contribution in [2.45, 2.75) is 50.1 Å². The Bertz CT molecular complexity index is 1140. The molecular formula is C22H24F3N3O2S. The van der Waals surface area contributed by atoms with Gasteiger partial charge in [-0.2, -0.15) is 13.2 Å². The van der Waals surface area contributed by atoms with Gasteiger partial charge >= 0.3 is 6.18 Å². The van der Waals surface area contributed by atoms with Crippen LogP contribution in [0.25, 0.3) is 5.57 Å². The first-order chi connectivity index (χ1) is 14.5. The van der Waals surface area contributed by atoms with Crippen molar-refractivity contribution < 1.29 is 22.2 Å². The number of anilines is 1. The van der Waals surface area contributed by atoms with Crippen LogP contribution in [0.4, 0.5) is 18.9 Å². The Morgan fingerprint density at radius 3 is 2.65 bits per heavy atom. The number of rotatable bonds is 4. The summed E-state index contributed by atoms with van der Waals surface area (Å²) in [6.45, 7) is 1.28. The van der Waals surface area contributed by atoms with Crippen LogP contribution in [-0.2, 0) is 15.9 Å². The van der Waals surface area contributed by atoms with Gasteiger partial charge in [0.15, 0.2) is 0 Å². The highest BCUT2D eigenvalue weighted by Gasteiger charge is 2.36. The topological polar surface area (TPSA) is 82.9 Å². The van der Waals surface area contributed by atoms with Gasteiger partial charge in [0.2, 0.25) is 0 Å². The molecule has 1 amide bonds. The molecule has 0 saturated carbocycles. The third-order valence-corrected chi connectivity index (χ3v) is 6.41. The molecule has 1 atom stereocenters. The van der Waals surface area contributed by atoms with Gasteiger partial charge in [0.1, 0.15) is 0 Å². The molecule has 5 nitrogen and oxygen atoms in total. The summed E-state index contributed by atoms with van der Waals surface area (Å²) < 4.78 is 60.2. The summed E-state index contributed by atoms with van der Waals surface area (Å²) in [4.78, 5) is 17.4. The molecule has 1 aromatic heterocycles. The van der Waals surface area contributed by atoms with Gasteiger partial charge in [-0.25, -0.2) is 8.99 Å². The van der Waals surface area contributed by atoms with Crippen LogP contribution >= 0.6 is 0 Å². The van der Waals surface area contributed by atoms with E-state index in [2.05, 4.69) is 10.3 Å². The summed E-state index contributed by atoms with van der Waals surface area (Å²) in [5, 5.41) is 2.60. The fraction of sp³-hybridized carbons (Fsp3) is 0.364. The molecule has 1 aromatic carbocycles. The number of allylic oxidation sites excluding steroid dienone is 2. The third kappa shape index (κ3) is 5.33. The van der Waals surface area contributed by atoms with Gasteiger partial charge in [-0.3, -0.25) is 9.78 Å². The first-order valence-corrected chi connectivity index (χ1v) is 11.9. The maximum Gasteiger partial charge on any atom is 0.418 e. The molecule has 1 heterocycles. The molecule has 31 heavy (non-hydrogen) atoms. The standard InChI is InChI=1S/C22H24F3N3O2S/c1-14-18(22(23,24)25)13-27-20(15-8-5-3-4-6-9-15)19(14)21(29)28-16-10-7-11-17(12-16)31(2,26)30/h7-8,10-13,26H,3-6,9H2,1-2H3,(H,28,29). The average Bonchev–Trinajstić information content (AvgIpc) is 2.95. The molecule has 1 aliphatic carbocycles. The molecule has 9 heteroatoms. The smallest absolute Gasteiger partial charge is 0.322 e. The van der Waals surface area contributed by atoms with Crippen molar-refractivity contribution in [3.8, 4) is 0 Å². The number of hydrogen-bond donors (Lipinski definition) is 2. The molecule has 1 aliphatic rings. The minimum Gasteiger partial charge on any atom is -0.322 e. The Labute approximate surface area is 179 Å². The van der Waals surface area contributed by atoms with Gasteiger partial charge in [0.05, 0.1) is 26.5 Å². The minimum atomic E-state index is -4.64. The highest BCUT2D eigenvalue weighted by atomic mass is 32.2. The minimum absolute atomic E-state index is 0.114. The van der Waals surface area contributed by atoms with E-state index in [4.69, 9.17) is 4.78 Å². The number of alkyl halides is 3. The number of pyridine rings is 1. The van der Waals surface area contributed by atoms with Crippen LogP contribution in [0.2, 0.25) is 0 Å². The fourth-order valence-corrected chi connectivity index (χ4v) is 4.34. The van der Waals surface area contributed by atoms with E-state index >= 15 is 0 Å². The van der Waals surface area contributed by atoms with Crippen molar-refractivity contribution in [1.29, 1.82) is 4.78 Å². The number of nitrogens with zero attached hydrogens (tertiary/aromatic N) is 1. The quantitative estimate of drug-likeness (QED) is 0.594. The second-order valence-electron chi connectivity index (χ2n) is 7.67. The van der Waals surface area contributed by atoms with Crippen molar-refractivity contribution in [1.82, 2.24) is 4.98 Å². The lowest BCUT2D eigenvalue weighted by Crippen LogP contribution is -2.20. The molecule has 0 bridgehead atoms. The molecule has 0 fully saturated rings. The monoisotopic (exact) mass is 451 g/mol. The van der Waals surface area contributed by atoms with E-state index in [0.717, 1.165) is 37.5 Å². The van der Waals surface area contributed by atoms with Crippen LogP contribution < -0.4 is 5.32 Å². The number of nitrogens with one attached hydrogen (secondary N) is 2. The molecule has 0 radical (unpaired) electrons. The largest absolute Gasteiger partial charge is 0.418 e. The van der Waals surface area contributed by atoms with Gasteiger partial charge in [-0.1, -0.05) is 18.6 Å². The van der Waals surface area contributed by atoms with Crippen LogP contribution in [0.5, 0.6) is 0 Å². The molecule has 2 aromatic rings. The molecule has 3 rings (SSSR count). The van der Waals surface area contributed by atoms with Gasteiger partial charge < -0.3 is 5.32 Å². The van der Waals surface area contributed by atoms with E-state index in [1.807, 2.05) is 6.08 Å². The van der Waals surface area contributed by atoms with Crippen molar-refractivity contribution in [2.75, 3.05) is 11.6 Å². The van der Waals surface area contributed by atoms with Gasteiger partial charge in [0, 0.05) is 23.0 Å². The molecule has 2 N–H and O–H groups in total. The predicted octanol–water partition coefficient (Wildman–Crippen LogP) is 6.04. The highest BCUT2D eigenvalue weighted by Crippen LogP contribution is 2.36. The normalized spacial score (nSPS) is 16.7. The Morgan fingerprint density at radius 2 is 1.97 bits per heavy atom. The lowest BCUT2D eigenvalue weighted by Gasteiger charge is -2.18. The first-order valence-electron chi connectivity index (χ1n) is 9.90. The van der Waals surface area contributed by atoms with Crippen LogP contribution in [0.1, 0.15) is 59.3 Å². The van der Waals surface area contributed by atoms with E-state index in [0.29, 0.717) is 6.42 Å². The van der Waals surface area contributed by atoms with Crippen LogP contribution in [0.3, 0.4) is 0 Å². The Kier molecular flexibility index (Phi) is 6.54. The number of aromatic nitrogens is 1. The Morgan fingerprint density at radius 1 is 1.23 bits per heavy atom. The fourth-order valence-electron chi connectivity index (χ4n) is 3.65. The zero-order chi connectivity index (χ0) is 22.8. The van der Waals surface area contributed by atoms with E-state index in [-0.39, 0.29) is 27.4 Å². The zero-order valence-electron chi connectivity index (χ0n) is 17.3. The number of halogens is 3. The second-order valence-corrected chi connectivity index (χ2v) is 9.83. The Hall–Kier alpha value is -2.68. The van der Waals surface area contributed by atoms with Crippen molar-refractivity contribution in [2.24, 2.45) is 0 Å². The van der Waals surface area contributed by atoms with Crippen molar-refractivity contribution >= 4 is 26.9 Å². The summed E-state index contributed by atoms with van der Waals surface area (Å²) in [6, 6.07) is 5.97. The van der Waals surface area contributed by atoms with Gasteiger partial charge in [-0.15, -0.1) is 0 Å². The van der Waals surface area contributed by atoms with E-state index in [1.54, 1.807) is 0 Å². The number of carbonyl (C=O) groups is 1. The van der Waals surface area contributed by atoms with Gasteiger partial charge in [-0.05, 0) is 61.9 Å². The van der Waals surface area contributed by atoms with Crippen molar-refractivity contribution in [3.63, 3.8) is 0 Å². The lowest BCUT2D eigenvalue weighted by molar-refractivity contribution is -0.138. The van der Waals surface area contributed by atoms with Gasteiger partial charge in [0.25, 0.3) is 5.91 Å². The summed E-state index contributed by atoms with van der Waals surface area (Å²) in [6.07, 6.45) is 3.67. The molecule has 0 spiro atoms. The van der Waals surface area contributed by atoms with E-state index in [1.165, 1.54) is 37.4 Å². The van der Waals surface area contributed by atoms with Crippen molar-refractivity contribution in [3.05, 3.63) is 58.9 Å². The molecule has 1 unspecified atom stereocenters. The number of hydrogen-bond acceptors (Lipinski definition) is 4.